The minimum absolute atomic E-state index is 0.268. The molecule has 8 heteroatoms. The Morgan fingerprint density at radius 3 is 2.50 bits per heavy atom. The molecule has 1 aliphatic carbocycles. The average Bonchev–Trinajstić information content (AvgIpc) is 3.51. The monoisotopic (exact) mass is 477 g/mol. The van der Waals surface area contributed by atoms with Crippen molar-refractivity contribution in [1.29, 1.82) is 0 Å². The van der Waals surface area contributed by atoms with Crippen LogP contribution in [0.25, 0.3) is 34.2 Å². The van der Waals surface area contributed by atoms with Gasteiger partial charge in [0.2, 0.25) is 0 Å². The fraction of sp³-hybridized carbons (Fsp3) is 0.179. The van der Waals surface area contributed by atoms with E-state index < -0.39 is 0 Å². The van der Waals surface area contributed by atoms with Gasteiger partial charge in [-0.1, -0.05) is 0 Å². The Morgan fingerprint density at radius 2 is 1.75 bits per heavy atom. The molecule has 6 rings (SSSR count). The van der Waals surface area contributed by atoms with Crippen molar-refractivity contribution in [3.05, 3.63) is 96.1 Å². The topological polar surface area (TPSA) is 73.3 Å². The highest BCUT2D eigenvalue weighted by molar-refractivity contribution is 5.99. The van der Waals surface area contributed by atoms with E-state index in [9.17, 15) is 4.39 Å². The van der Waals surface area contributed by atoms with E-state index in [0.29, 0.717) is 6.04 Å². The van der Waals surface area contributed by atoms with Crippen LogP contribution >= 0.6 is 0 Å². The lowest BCUT2D eigenvalue weighted by atomic mass is 10.1. The summed E-state index contributed by atoms with van der Waals surface area (Å²) in [4.78, 5) is 13.4. The fourth-order valence-corrected chi connectivity index (χ4v) is 4.21. The lowest BCUT2D eigenvalue weighted by molar-refractivity contribution is 0.627. The van der Waals surface area contributed by atoms with Crippen molar-refractivity contribution >= 4 is 17.4 Å². The average molecular weight is 478 g/mol. The van der Waals surface area contributed by atoms with E-state index in [1.807, 2.05) is 61.3 Å². The van der Waals surface area contributed by atoms with Gasteiger partial charge >= 0.3 is 0 Å². The number of rotatable bonds is 6. The van der Waals surface area contributed by atoms with Gasteiger partial charge in [-0.2, -0.15) is 10.2 Å². The molecule has 0 amide bonds. The standard InChI is InChI=1S/C28H24FN7/c1-18(31-19(2)20-11-13-30-14-12-20)15-23-16-36-27(32-23)10-9-26(33-36)25-17-35(24-7-8-24)34-28(25)21-3-5-22(29)6-4-21/h3-6,9-17,24H,7-8H2,1-2H3/b18-15+,31-19?. The summed E-state index contributed by atoms with van der Waals surface area (Å²) in [6, 6.07) is 14.6. The van der Waals surface area contributed by atoms with Crippen LogP contribution in [0.2, 0.25) is 0 Å². The second-order valence-corrected chi connectivity index (χ2v) is 9.02. The Balaban J connectivity index is 1.34. The largest absolute Gasteiger partial charge is 0.268 e. The highest BCUT2D eigenvalue weighted by Gasteiger charge is 2.27. The second kappa shape index (κ2) is 8.96. The van der Waals surface area contributed by atoms with Crippen molar-refractivity contribution in [2.45, 2.75) is 32.7 Å². The zero-order valence-electron chi connectivity index (χ0n) is 20.0. The maximum absolute atomic E-state index is 13.5. The number of benzene rings is 1. The predicted molar refractivity (Wildman–Crippen MR) is 138 cm³/mol. The molecule has 0 aliphatic heterocycles. The van der Waals surface area contributed by atoms with Crippen LogP contribution in [0.5, 0.6) is 0 Å². The molecule has 1 saturated carbocycles. The Labute approximate surface area is 207 Å². The molecule has 1 aliphatic rings. The van der Waals surface area contributed by atoms with E-state index in [4.69, 9.17) is 15.2 Å². The van der Waals surface area contributed by atoms with E-state index in [-0.39, 0.29) is 5.82 Å². The Hall–Kier alpha value is -4.46. The highest BCUT2D eigenvalue weighted by atomic mass is 19.1. The van der Waals surface area contributed by atoms with Gasteiger partial charge in [0.1, 0.15) is 11.5 Å². The van der Waals surface area contributed by atoms with Crippen molar-refractivity contribution in [1.82, 2.24) is 29.4 Å². The van der Waals surface area contributed by atoms with Gasteiger partial charge in [0.05, 0.1) is 23.6 Å². The quantitative estimate of drug-likeness (QED) is 0.281. The Kier molecular flexibility index (Phi) is 5.48. The minimum Gasteiger partial charge on any atom is -0.268 e. The number of fused-ring (bicyclic) bond motifs is 1. The molecular weight excluding hydrogens is 453 g/mol. The van der Waals surface area contributed by atoms with Crippen LogP contribution in [0.3, 0.4) is 0 Å². The van der Waals surface area contributed by atoms with Crippen LogP contribution in [0.4, 0.5) is 4.39 Å². The molecule has 0 atom stereocenters. The smallest absolute Gasteiger partial charge is 0.154 e. The highest BCUT2D eigenvalue weighted by Crippen LogP contribution is 2.38. The number of pyridine rings is 1. The third-order valence-corrected chi connectivity index (χ3v) is 6.18. The second-order valence-electron chi connectivity index (χ2n) is 9.02. The third-order valence-electron chi connectivity index (χ3n) is 6.18. The molecule has 0 N–H and O–H groups in total. The molecular formula is C28H24FN7. The minimum atomic E-state index is -0.268. The number of imidazole rings is 1. The van der Waals surface area contributed by atoms with Gasteiger partial charge in [0, 0.05) is 41.1 Å². The molecule has 5 aromatic rings. The summed E-state index contributed by atoms with van der Waals surface area (Å²) in [7, 11) is 0. The van der Waals surface area contributed by atoms with Gasteiger partial charge < -0.3 is 0 Å². The van der Waals surface area contributed by atoms with Gasteiger partial charge in [-0.25, -0.2) is 13.9 Å². The first kappa shape index (κ1) is 22.0. The maximum atomic E-state index is 13.5. The van der Waals surface area contributed by atoms with Gasteiger partial charge in [-0.3, -0.25) is 14.7 Å². The van der Waals surface area contributed by atoms with Gasteiger partial charge in [-0.05, 0) is 86.9 Å². The molecule has 36 heavy (non-hydrogen) atoms. The zero-order chi connectivity index (χ0) is 24.6. The van der Waals surface area contributed by atoms with Crippen LogP contribution in [-0.4, -0.2) is 35.1 Å². The van der Waals surface area contributed by atoms with E-state index in [0.717, 1.165) is 63.7 Å². The summed E-state index contributed by atoms with van der Waals surface area (Å²) in [6.07, 6.45) is 11.6. The fourth-order valence-electron chi connectivity index (χ4n) is 4.21. The molecule has 0 spiro atoms. The van der Waals surface area contributed by atoms with E-state index >= 15 is 0 Å². The normalized spacial score (nSPS) is 14.5. The SMILES string of the molecule is CC(=N/C(C)=C/c1cn2nc(-c3cn(C4CC4)nc3-c3ccc(F)cc3)ccc2n1)c1ccncc1. The van der Waals surface area contributed by atoms with Crippen LogP contribution in [-0.2, 0) is 0 Å². The van der Waals surface area contributed by atoms with Crippen LogP contribution in [0.1, 0.15) is 44.0 Å². The van der Waals surface area contributed by atoms with Crippen LogP contribution in [0.15, 0.2) is 84.0 Å². The predicted octanol–water partition coefficient (Wildman–Crippen LogP) is 6.00. The molecule has 1 fully saturated rings. The first-order chi connectivity index (χ1) is 17.5. The lowest BCUT2D eigenvalue weighted by Gasteiger charge is -2.03. The number of hydrogen-bond donors (Lipinski definition) is 0. The molecule has 4 heterocycles. The first-order valence-electron chi connectivity index (χ1n) is 11.9. The number of aromatic nitrogens is 6. The van der Waals surface area contributed by atoms with E-state index in [1.165, 1.54) is 12.1 Å². The lowest BCUT2D eigenvalue weighted by Crippen LogP contribution is -1.94. The van der Waals surface area contributed by atoms with Crippen molar-refractivity contribution < 1.29 is 4.39 Å². The molecule has 0 saturated heterocycles. The summed E-state index contributed by atoms with van der Waals surface area (Å²) in [6.45, 7) is 3.93. The summed E-state index contributed by atoms with van der Waals surface area (Å²) in [5.74, 6) is -0.268. The number of hydrogen-bond acceptors (Lipinski definition) is 5. The van der Waals surface area contributed by atoms with E-state index in [2.05, 4.69) is 9.97 Å². The number of aliphatic imine (C=N–C) groups is 1. The third kappa shape index (κ3) is 4.45. The number of halogens is 1. The molecule has 0 unspecified atom stereocenters. The number of allylic oxidation sites excluding steroid dienone is 1. The molecule has 7 nitrogen and oxygen atoms in total. The van der Waals surface area contributed by atoms with Crippen molar-refractivity contribution in [2.24, 2.45) is 4.99 Å². The Bertz CT molecular complexity index is 1610. The van der Waals surface area contributed by atoms with Gasteiger partial charge in [-0.15, -0.1) is 0 Å². The van der Waals surface area contributed by atoms with Crippen molar-refractivity contribution in [3.8, 4) is 22.5 Å². The number of nitrogens with zero attached hydrogens (tertiary/aromatic N) is 7. The summed E-state index contributed by atoms with van der Waals surface area (Å²) < 4.78 is 17.3. The van der Waals surface area contributed by atoms with E-state index in [1.54, 1.807) is 29.0 Å². The summed E-state index contributed by atoms with van der Waals surface area (Å²) in [5.41, 5.74) is 7.66. The van der Waals surface area contributed by atoms with Gasteiger partial charge in [0.15, 0.2) is 5.65 Å². The first-order valence-corrected chi connectivity index (χ1v) is 11.9. The molecule has 1 aromatic carbocycles. The molecule has 178 valence electrons. The summed E-state index contributed by atoms with van der Waals surface area (Å²) >= 11 is 0. The van der Waals surface area contributed by atoms with Crippen LogP contribution < -0.4 is 0 Å². The Morgan fingerprint density at radius 1 is 0.972 bits per heavy atom. The molecule has 0 radical (unpaired) electrons. The van der Waals surface area contributed by atoms with Crippen molar-refractivity contribution in [2.75, 3.05) is 0 Å². The molecule has 4 aromatic heterocycles. The zero-order valence-corrected chi connectivity index (χ0v) is 20.0. The maximum Gasteiger partial charge on any atom is 0.154 e. The van der Waals surface area contributed by atoms with Crippen molar-refractivity contribution in [3.63, 3.8) is 0 Å². The summed E-state index contributed by atoms with van der Waals surface area (Å²) in [5, 5.41) is 9.66. The van der Waals surface area contributed by atoms with Gasteiger partial charge in [0.25, 0.3) is 0 Å². The molecule has 0 bridgehead atoms. The van der Waals surface area contributed by atoms with Crippen LogP contribution in [0, 0.1) is 5.82 Å².